The highest BCUT2D eigenvalue weighted by molar-refractivity contribution is 7.99. The van der Waals surface area contributed by atoms with Crippen LogP contribution < -0.4 is 10.5 Å². The molecule has 2 N–H and O–H groups in total. The molecule has 9 heteroatoms. The van der Waals surface area contributed by atoms with E-state index in [2.05, 4.69) is 15.0 Å². The van der Waals surface area contributed by atoms with Crippen LogP contribution in [0.15, 0.2) is 58.8 Å². The number of hydrogen-bond donors (Lipinski definition) is 1. The third kappa shape index (κ3) is 4.13. The Bertz CT molecular complexity index is 1140. The van der Waals surface area contributed by atoms with Gasteiger partial charge in [-0.1, -0.05) is 29.8 Å². The van der Waals surface area contributed by atoms with Crippen LogP contribution in [-0.2, 0) is 13.0 Å². The second kappa shape index (κ2) is 8.26. The molecule has 0 fully saturated rings. The van der Waals surface area contributed by atoms with Crippen molar-refractivity contribution in [2.45, 2.75) is 23.0 Å². The van der Waals surface area contributed by atoms with E-state index >= 15 is 0 Å². The highest BCUT2D eigenvalue weighted by Gasteiger charge is 2.20. The first-order valence-electron chi connectivity index (χ1n) is 8.78. The van der Waals surface area contributed by atoms with Crippen molar-refractivity contribution in [3.63, 3.8) is 0 Å². The number of benzene rings is 2. The number of nitrogen functional groups attached to an aromatic ring is 1. The van der Waals surface area contributed by atoms with Gasteiger partial charge in [-0.15, -0.1) is 0 Å². The number of halogens is 2. The number of methoxy groups -OCH3 is 1. The van der Waals surface area contributed by atoms with E-state index in [1.54, 1.807) is 12.4 Å². The highest BCUT2D eigenvalue weighted by Crippen LogP contribution is 2.36. The third-order valence-corrected chi connectivity index (χ3v) is 5.65. The van der Waals surface area contributed by atoms with Gasteiger partial charge in [-0.05, 0) is 48.0 Å². The second-order valence-electron chi connectivity index (χ2n) is 6.24. The van der Waals surface area contributed by atoms with Crippen molar-refractivity contribution in [3.05, 3.63) is 65.2 Å². The minimum absolute atomic E-state index is 0.291. The van der Waals surface area contributed by atoms with Gasteiger partial charge in [-0.3, -0.25) is 0 Å². The average Bonchev–Trinajstić information content (AvgIpc) is 3.13. The van der Waals surface area contributed by atoms with Crippen molar-refractivity contribution in [1.82, 2.24) is 19.5 Å². The molecular formula is C20H17ClFN5OS. The average molecular weight is 430 g/mol. The summed E-state index contributed by atoms with van der Waals surface area (Å²) in [5, 5.41) is 1.16. The lowest BCUT2D eigenvalue weighted by molar-refractivity contribution is 0.403. The lowest BCUT2D eigenvalue weighted by Gasteiger charge is -2.11. The Balaban J connectivity index is 1.64. The number of rotatable bonds is 6. The van der Waals surface area contributed by atoms with Gasteiger partial charge in [0.15, 0.2) is 22.5 Å². The molecule has 29 heavy (non-hydrogen) atoms. The predicted molar refractivity (Wildman–Crippen MR) is 111 cm³/mol. The van der Waals surface area contributed by atoms with Gasteiger partial charge in [0.2, 0.25) is 0 Å². The summed E-state index contributed by atoms with van der Waals surface area (Å²) >= 11 is 7.46. The number of nitrogens with zero attached hydrogens (tertiary/aromatic N) is 4. The molecule has 0 atom stereocenters. The highest BCUT2D eigenvalue weighted by atomic mass is 35.5. The summed E-state index contributed by atoms with van der Waals surface area (Å²) in [4.78, 5) is 13.9. The molecule has 0 aliphatic carbocycles. The van der Waals surface area contributed by atoms with E-state index in [1.165, 1.54) is 31.0 Å². The zero-order chi connectivity index (χ0) is 20.4. The van der Waals surface area contributed by atoms with Crippen LogP contribution in [0.25, 0.3) is 11.5 Å². The number of anilines is 1. The van der Waals surface area contributed by atoms with Gasteiger partial charge < -0.3 is 15.0 Å². The van der Waals surface area contributed by atoms with Crippen LogP contribution >= 0.6 is 23.4 Å². The molecule has 2 aliphatic heterocycles. The van der Waals surface area contributed by atoms with E-state index in [1.807, 2.05) is 28.8 Å². The topological polar surface area (TPSA) is 78.9 Å². The Morgan fingerprint density at radius 1 is 1.21 bits per heavy atom. The normalized spacial score (nSPS) is 11.1. The lowest BCUT2D eigenvalue weighted by atomic mass is 10.1. The van der Waals surface area contributed by atoms with Crippen molar-refractivity contribution in [1.29, 1.82) is 0 Å². The second-order valence-corrected chi connectivity index (χ2v) is 7.66. The van der Waals surface area contributed by atoms with E-state index in [0.29, 0.717) is 46.1 Å². The first-order valence-corrected chi connectivity index (χ1v) is 9.97. The summed E-state index contributed by atoms with van der Waals surface area (Å²) in [6, 6.07) is 12.0. The third-order valence-electron chi connectivity index (χ3n) is 4.38. The molecule has 0 bridgehead atoms. The van der Waals surface area contributed by atoms with E-state index < -0.39 is 0 Å². The molecule has 2 heterocycles. The predicted octanol–water partition coefficient (Wildman–Crippen LogP) is 4.56. The summed E-state index contributed by atoms with van der Waals surface area (Å²) < 4.78 is 20.8. The number of imidazole rings is 1. The quantitative estimate of drug-likeness (QED) is 0.484. The van der Waals surface area contributed by atoms with Gasteiger partial charge >= 0.3 is 0 Å². The monoisotopic (exact) mass is 429 g/mol. The molecule has 0 saturated carbocycles. The first-order chi connectivity index (χ1) is 14.0. The molecule has 4 rings (SSSR count). The maximum Gasteiger partial charge on any atom is 0.195 e. The molecule has 2 aromatic carbocycles. The fourth-order valence-electron chi connectivity index (χ4n) is 2.91. The molecule has 0 amide bonds. The molecule has 0 radical (unpaired) electrons. The molecule has 0 spiro atoms. The maximum absolute atomic E-state index is 13.7. The van der Waals surface area contributed by atoms with Crippen LogP contribution in [0.1, 0.15) is 5.56 Å². The lowest BCUT2D eigenvalue weighted by Crippen LogP contribution is -2.10. The van der Waals surface area contributed by atoms with E-state index in [-0.39, 0.29) is 5.82 Å². The van der Waals surface area contributed by atoms with Gasteiger partial charge in [-0.25, -0.2) is 19.3 Å². The standard InChI is InChI=1S/C20H17ClFN5OS/c1-28-15-7-6-13(22)10-16(15)29-20-25-17-18(23)24-11-27(19(17)26-20)9-8-12-4-2-3-5-14(12)21/h2-7,10-11H,8-9,23H2,1H3. The molecule has 0 saturated heterocycles. The summed E-state index contributed by atoms with van der Waals surface area (Å²) in [6.07, 6.45) is 2.35. The van der Waals surface area contributed by atoms with Crippen LogP contribution in [0.4, 0.5) is 10.2 Å². The number of fused-ring (bicyclic) bond motifs is 1. The summed E-state index contributed by atoms with van der Waals surface area (Å²) in [5.41, 5.74) is 7.54. The van der Waals surface area contributed by atoms with Gasteiger partial charge in [-0.2, -0.15) is 0 Å². The van der Waals surface area contributed by atoms with Crippen molar-refractivity contribution in [3.8, 4) is 17.3 Å². The number of hydrogen-bond acceptors (Lipinski definition) is 6. The van der Waals surface area contributed by atoms with Crippen LogP contribution in [0.3, 0.4) is 0 Å². The molecule has 2 aromatic rings. The smallest absolute Gasteiger partial charge is 0.195 e. The van der Waals surface area contributed by atoms with Gasteiger partial charge in [0, 0.05) is 11.6 Å². The largest absolute Gasteiger partial charge is 0.496 e. The van der Waals surface area contributed by atoms with Crippen LogP contribution in [-0.4, -0.2) is 26.6 Å². The van der Waals surface area contributed by atoms with Crippen LogP contribution in [0.2, 0.25) is 5.02 Å². The van der Waals surface area contributed by atoms with Gasteiger partial charge in [0.25, 0.3) is 0 Å². The zero-order valence-corrected chi connectivity index (χ0v) is 17.0. The molecule has 2 aliphatic rings. The van der Waals surface area contributed by atoms with Gasteiger partial charge in [0.05, 0.1) is 18.3 Å². The Morgan fingerprint density at radius 3 is 2.83 bits per heavy atom. The summed E-state index contributed by atoms with van der Waals surface area (Å²) in [7, 11) is 1.53. The van der Waals surface area contributed by atoms with Crippen molar-refractivity contribution in [2.24, 2.45) is 0 Å². The minimum atomic E-state index is -0.361. The minimum Gasteiger partial charge on any atom is -0.496 e. The Labute approximate surface area is 176 Å². The van der Waals surface area contributed by atoms with Crippen molar-refractivity contribution in [2.75, 3.05) is 12.8 Å². The zero-order valence-electron chi connectivity index (χ0n) is 15.5. The van der Waals surface area contributed by atoms with Crippen molar-refractivity contribution < 1.29 is 9.13 Å². The van der Waals surface area contributed by atoms with Crippen LogP contribution in [0, 0.1) is 5.82 Å². The SMILES string of the molecule is COc1ccc(F)cc1Sc1nc2c(N)ncn(CCc3ccccc3Cl)c-2n1. The summed E-state index contributed by atoms with van der Waals surface area (Å²) in [6.45, 7) is 0.611. The van der Waals surface area contributed by atoms with E-state index in [0.717, 1.165) is 10.6 Å². The molecule has 0 aromatic heterocycles. The number of aryl methyl sites for hydroxylation is 2. The molecular weight excluding hydrogens is 413 g/mol. The Kier molecular flexibility index (Phi) is 5.55. The fraction of sp³-hybridized carbons (Fsp3) is 0.150. The number of nitrogens with two attached hydrogens (primary N) is 1. The van der Waals surface area contributed by atoms with E-state index in [4.69, 9.17) is 22.1 Å². The number of aromatic nitrogens is 4. The summed E-state index contributed by atoms with van der Waals surface area (Å²) in [5.74, 6) is 1.09. The van der Waals surface area contributed by atoms with Crippen LogP contribution in [0.5, 0.6) is 5.75 Å². The fourth-order valence-corrected chi connectivity index (χ4v) is 4.03. The molecule has 0 unspecified atom stereocenters. The Hall–Kier alpha value is -2.84. The first kappa shape index (κ1) is 19.5. The van der Waals surface area contributed by atoms with Crippen molar-refractivity contribution >= 4 is 29.2 Å². The molecule has 148 valence electrons. The maximum atomic E-state index is 13.7. The number of ether oxygens (including phenoxy) is 1. The Morgan fingerprint density at radius 2 is 2.03 bits per heavy atom. The molecule has 6 nitrogen and oxygen atoms in total. The van der Waals surface area contributed by atoms with E-state index in [9.17, 15) is 4.39 Å². The van der Waals surface area contributed by atoms with Gasteiger partial charge in [0.1, 0.15) is 11.6 Å².